The number of nitro groups is 1. The Morgan fingerprint density at radius 3 is 2.79 bits per heavy atom. The molecular formula is C15H15N3O5S. The van der Waals surface area contributed by atoms with Gasteiger partial charge in [0.1, 0.15) is 18.0 Å². The Morgan fingerprint density at radius 1 is 1.50 bits per heavy atom. The number of fused-ring (bicyclic) bond motifs is 3. The maximum atomic E-state index is 12.6. The van der Waals surface area contributed by atoms with Crippen LogP contribution in [0, 0.1) is 10.1 Å². The van der Waals surface area contributed by atoms with Crippen molar-refractivity contribution in [3.63, 3.8) is 0 Å². The van der Waals surface area contributed by atoms with Gasteiger partial charge in [0.05, 0.1) is 9.67 Å². The molecule has 1 amide bonds. The van der Waals surface area contributed by atoms with Crippen molar-refractivity contribution in [2.45, 2.75) is 41.7 Å². The molecule has 4 rings (SSSR count). The van der Waals surface area contributed by atoms with Gasteiger partial charge in [0.15, 0.2) is 5.54 Å². The van der Waals surface area contributed by atoms with Gasteiger partial charge in [-0.2, -0.15) is 0 Å². The molecule has 0 bridgehead atoms. The first-order valence-electron chi connectivity index (χ1n) is 7.47. The number of hydrogen-bond donors (Lipinski definition) is 1. The maximum absolute atomic E-state index is 12.6. The van der Waals surface area contributed by atoms with Gasteiger partial charge >= 0.3 is 5.97 Å². The van der Waals surface area contributed by atoms with Crippen LogP contribution in [0.4, 0.5) is 5.69 Å². The van der Waals surface area contributed by atoms with E-state index in [0.717, 1.165) is 0 Å². The lowest BCUT2D eigenvalue weighted by Gasteiger charge is -2.44. The number of ether oxygens (including phenoxy) is 1. The second-order valence-corrected chi connectivity index (χ2v) is 8.13. The Kier molecular flexibility index (Phi) is 3.02. The third kappa shape index (κ3) is 1.79. The van der Waals surface area contributed by atoms with Crippen LogP contribution in [0.5, 0.6) is 0 Å². The average molecular weight is 349 g/mol. The number of carbonyl (C=O) groups excluding carboxylic acids is 2. The first-order chi connectivity index (χ1) is 11.3. The van der Waals surface area contributed by atoms with Crippen LogP contribution in [0.1, 0.15) is 18.9 Å². The summed E-state index contributed by atoms with van der Waals surface area (Å²) in [5.74, 6) is -0.639. The summed E-state index contributed by atoms with van der Waals surface area (Å²) in [6.45, 7) is 1.96. The Balaban J connectivity index is 1.46. The molecule has 0 radical (unpaired) electrons. The molecule has 1 aromatic rings. The largest absolute Gasteiger partial charge is 0.459 e. The minimum absolute atomic E-state index is 0.0120. The fraction of sp³-hybridized carbons (Fsp3) is 0.467. The third-order valence-electron chi connectivity index (χ3n) is 5.07. The molecule has 0 aromatic heterocycles. The Bertz CT molecular complexity index is 769. The molecule has 2 saturated heterocycles. The highest BCUT2D eigenvalue weighted by molar-refractivity contribution is 8.02. The van der Waals surface area contributed by atoms with Crippen molar-refractivity contribution < 1.29 is 19.2 Å². The highest BCUT2D eigenvalue weighted by atomic mass is 32.2. The Morgan fingerprint density at radius 2 is 2.17 bits per heavy atom. The van der Waals surface area contributed by atoms with E-state index in [2.05, 4.69) is 0 Å². The summed E-state index contributed by atoms with van der Waals surface area (Å²) in [6.07, 6.45) is 0.568. The lowest BCUT2D eigenvalue weighted by molar-refractivity contribution is -0.384. The highest BCUT2D eigenvalue weighted by Crippen LogP contribution is 2.71. The molecule has 2 N–H and O–H groups in total. The van der Waals surface area contributed by atoms with Gasteiger partial charge in [-0.05, 0) is 24.6 Å². The van der Waals surface area contributed by atoms with Gasteiger partial charge in [0, 0.05) is 18.6 Å². The molecular weight excluding hydrogens is 334 g/mol. The van der Waals surface area contributed by atoms with Gasteiger partial charge in [-0.1, -0.05) is 0 Å². The fourth-order valence-electron chi connectivity index (χ4n) is 3.58. The van der Waals surface area contributed by atoms with Crippen molar-refractivity contribution >= 4 is 29.3 Å². The summed E-state index contributed by atoms with van der Waals surface area (Å²) < 4.78 is 5.06. The summed E-state index contributed by atoms with van der Waals surface area (Å²) in [4.78, 5) is 36.4. The normalized spacial score (nSPS) is 35.8. The van der Waals surface area contributed by atoms with E-state index in [4.69, 9.17) is 10.5 Å². The molecule has 3 aliphatic rings. The monoisotopic (exact) mass is 349 g/mol. The summed E-state index contributed by atoms with van der Waals surface area (Å²) in [5, 5.41) is 10.5. The number of nitro benzene ring substituents is 1. The van der Waals surface area contributed by atoms with E-state index in [0.29, 0.717) is 12.0 Å². The molecule has 4 atom stereocenters. The summed E-state index contributed by atoms with van der Waals surface area (Å²) in [5.41, 5.74) is 5.52. The molecule has 2 aliphatic heterocycles. The fourth-order valence-corrected chi connectivity index (χ4v) is 5.43. The van der Waals surface area contributed by atoms with Gasteiger partial charge in [-0.15, -0.1) is 11.8 Å². The van der Waals surface area contributed by atoms with Crippen LogP contribution in [0.15, 0.2) is 24.3 Å². The van der Waals surface area contributed by atoms with Crippen LogP contribution in [0.2, 0.25) is 0 Å². The molecule has 24 heavy (non-hydrogen) atoms. The van der Waals surface area contributed by atoms with E-state index in [1.807, 2.05) is 6.92 Å². The van der Waals surface area contributed by atoms with E-state index >= 15 is 0 Å². The number of nitrogens with zero attached hydrogens (tertiary/aromatic N) is 2. The van der Waals surface area contributed by atoms with Crippen LogP contribution in [0.25, 0.3) is 0 Å². The van der Waals surface area contributed by atoms with Gasteiger partial charge < -0.3 is 15.4 Å². The van der Waals surface area contributed by atoms with E-state index in [9.17, 15) is 19.7 Å². The van der Waals surface area contributed by atoms with Gasteiger partial charge in [0.25, 0.3) is 5.69 Å². The van der Waals surface area contributed by atoms with E-state index < -0.39 is 22.5 Å². The molecule has 1 aromatic carbocycles. The minimum Gasteiger partial charge on any atom is -0.459 e. The number of esters is 1. The SMILES string of the molecule is CC12C[C@]1(C(=O)OCc1ccc([N+](=O)[O-])cc1)N1C(=O)[C@@H](N)[C@H]1S2. The van der Waals surface area contributed by atoms with Crippen molar-refractivity contribution in [2.24, 2.45) is 5.73 Å². The molecule has 0 spiro atoms. The smallest absolute Gasteiger partial charge is 0.333 e. The first kappa shape index (κ1) is 15.4. The van der Waals surface area contributed by atoms with Crippen LogP contribution < -0.4 is 5.73 Å². The van der Waals surface area contributed by atoms with Crippen molar-refractivity contribution in [3.05, 3.63) is 39.9 Å². The number of non-ortho nitro benzene ring substituents is 1. The molecule has 126 valence electrons. The summed E-state index contributed by atoms with van der Waals surface area (Å²) in [6, 6.07) is 5.28. The van der Waals surface area contributed by atoms with E-state index in [1.165, 1.54) is 12.1 Å². The Hall–Kier alpha value is -2.13. The predicted molar refractivity (Wildman–Crippen MR) is 84.8 cm³/mol. The number of hydrogen-bond acceptors (Lipinski definition) is 7. The average Bonchev–Trinajstić information content (AvgIpc) is 3.10. The molecule has 9 heteroatoms. The Labute approximate surface area is 141 Å². The van der Waals surface area contributed by atoms with Crippen molar-refractivity contribution in [1.29, 1.82) is 0 Å². The van der Waals surface area contributed by atoms with Crippen LogP contribution in [0.3, 0.4) is 0 Å². The van der Waals surface area contributed by atoms with E-state index in [-0.39, 0.29) is 28.3 Å². The number of carbonyl (C=O) groups is 2. The topological polar surface area (TPSA) is 116 Å². The molecule has 1 saturated carbocycles. The first-order valence-corrected chi connectivity index (χ1v) is 8.35. The zero-order valence-corrected chi connectivity index (χ0v) is 13.6. The van der Waals surface area contributed by atoms with Gasteiger partial charge in [-0.25, -0.2) is 4.79 Å². The zero-order chi connectivity index (χ0) is 17.3. The maximum Gasteiger partial charge on any atom is 0.333 e. The number of rotatable bonds is 4. The number of amides is 1. The number of β-lactam (4-membered cyclic amide) rings is 1. The quantitative estimate of drug-likeness (QED) is 0.369. The summed E-state index contributed by atoms with van der Waals surface area (Å²) >= 11 is 1.56. The molecule has 1 aliphatic carbocycles. The lowest BCUT2D eigenvalue weighted by atomic mass is 10.0. The van der Waals surface area contributed by atoms with Crippen LogP contribution >= 0.6 is 11.8 Å². The second kappa shape index (κ2) is 4.70. The standard InChI is InChI=1S/C15H15N3O5S/c1-14-7-15(14,17-11(19)10(16)12(17)24-14)13(20)23-6-8-2-4-9(5-3-8)18(21)22/h2-5,10,12H,6-7,16H2,1H3/t10-,12-,14?,15-/m1/s1. The zero-order valence-electron chi connectivity index (χ0n) is 12.8. The third-order valence-corrected chi connectivity index (χ3v) is 6.82. The van der Waals surface area contributed by atoms with Crippen molar-refractivity contribution in [1.82, 2.24) is 4.90 Å². The van der Waals surface area contributed by atoms with E-state index in [1.54, 1.807) is 28.8 Å². The lowest BCUT2D eigenvalue weighted by Crippen LogP contribution is -2.70. The number of thioether (sulfide) groups is 1. The highest BCUT2D eigenvalue weighted by Gasteiger charge is 2.84. The predicted octanol–water partition coefficient (Wildman–Crippen LogP) is 0.782. The second-order valence-electron chi connectivity index (χ2n) is 6.51. The number of benzene rings is 1. The van der Waals surface area contributed by atoms with Crippen LogP contribution in [-0.2, 0) is 20.9 Å². The molecule has 8 nitrogen and oxygen atoms in total. The molecule has 3 fully saturated rings. The summed E-state index contributed by atoms with van der Waals surface area (Å²) in [7, 11) is 0. The van der Waals surface area contributed by atoms with Gasteiger partial charge in [-0.3, -0.25) is 14.9 Å². The molecule has 1 unspecified atom stereocenters. The number of nitrogens with two attached hydrogens (primary N) is 1. The van der Waals surface area contributed by atoms with Crippen LogP contribution in [-0.4, -0.2) is 43.4 Å². The minimum atomic E-state index is -0.907. The van der Waals surface area contributed by atoms with Crippen molar-refractivity contribution in [3.8, 4) is 0 Å². The van der Waals surface area contributed by atoms with Crippen molar-refractivity contribution in [2.75, 3.05) is 0 Å². The van der Waals surface area contributed by atoms with Gasteiger partial charge in [0.2, 0.25) is 5.91 Å². The molecule has 2 heterocycles.